The van der Waals surface area contributed by atoms with Crippen molar-refractivity contribution in [2.24, 2.45) is 0 Å². The molecule has 13 heavy (non-hydrogen) atoms. The van der Waals surface area contributed by atoms with Crippen LogP contribution >= 0.6 is 0 Å². The van der Waals surface area contributed by atoms with E-state index in [-0.39, 0.29) is 10.5 Å². The standard InChI is InChI=1S/C5H2F3N3O2/c6-5(7,8)3-2-4(9-1-13-2)11(12)10-3/h1,12H. The topological polar surface area (TPSA) is 64.1 Å². The number of fused-ring (bicyclic) bond motifs is 1. The number of oxazole rings is 1. The molecule has 8 heteroatoms. The maximum Gasteiger partial charge on any atom is 0.439 e. The summed E-state index contributed by atoms with van der Waals surface area (Å²) >= 11 is 0. The van der Waals surface area contributed by atoms with Gasteiger partial charge in [-0.15, -0.1) is 5.10 Å². The van der Waals surface area contributed by atoms with Gasteiger partial charge in [0, 0.05) is 0 Å². The highest BCUT2D eigenvalue weighted by Crippen LogP contribution is 2.32. The second-order valence-corrected chi connectivity index (χ2v) is 2.24. The maximum atomic E-state index is 12.1. The first kappa shape index (κ1) is 7.90. The Bertz CT molecular complexity index is 443. The van der Waals surface area contributed by atoms with Crippen molar-refractivity contribution in [3.63, 3.8) is 0 Å². The molecule has 0 aliphatic heterocycles. The summed E-state index contributed by atoms with van der Waals surface area (Å²) < 4.78 is 40.8. The molecule has 2 heterocycles. The summed E-state index contributed by atoms with van der Waals surface area (Å²) in [6, 6.07) is 0. The molecule has 2 rings (SSSR count). The van der Waals surface area contributed by atoms with Crippen molar-refractivity contribution in [3.05, 3.63) is 12.1 Å². The van der Waals surface area contributed by atoms with Gasteiger partial charge in [-0.25, -0.2) is 0 Å². The van der Waals surface area contributed by atoms with Gasteiger partial charge >= 0.3 is 6.18 Å². The minimum absolute atomic E-state index is 0.0294. The quantitative estimate of drug-likeness (QED) is 0.640. The lowest BCUT2D eigenvalue weighted by Crippen LogP contribution is -2.07. The van der Waals surface area contributed by atoms with Crippen LogP contribution in [0.15, 0.2) is 10.8 Å². The minimum atomic E-state index is -4.66. The Balaban J connectivity index is 2.76. The highest BCUT2D eigenvalue weighted by Gasteiger charge is 2.39. The summed E-state index contributed by atoms with van der Waals surface area (Å²) in [5.41, 5.74) is -2.22. The fourth-order valence-corrected chi connectivity index (χ4v) is 0.917. The molecule has 0 atom stereocenters. The van der Waals surface area contributed by atoms with E-state index in [9.17, 15) is 13.2 Å². The van der Waals surface area contributed by atoms with Crippen molar-refractivity contribution in [3.8, 4) is 0 Å². The van der Waals surface area contributed by atoms with Crippen molar-refractivity contribution in [2.75, 3.05) is 0 Å². The second kappa shape index (κ2) is 2.15. The van der Waals surface area contributed by atoms with Crippen LogP contribution in [0.1, 0.15) is 5.69 Å². The van der Waals surface area contributed by atoms with Crippen LogP contribution in [-0.4, -0.2) is 20.1 Å². The molecule has 0 aliphatic carbocycles. The predicted molar refractivity (Wildman–Crippen MR) is 32.0 cm³/mol. The van der Waals surface area contributed by atoms with E-state index < -0.39 is 17.5 Å². The third-order valence-electron chi connectivity index (χ3n) is 1.42. The molecule has 2 aromatic heterocycles. The van der Waals surface area contributed by atoms with Gasteiger partial charge in [0.15, 0.2) is 6.39 Å². The molecule has 0 bridgehead atoms. The number of halogens is 3. The molecule has 70 valence electrons. The van der Waals surface area contributed by atoms with Gasteiger partial charge in [0.25, 0.3) is 0 Å². The second-order valence-electron chi connectivity index (χ2n) is 2.24. The van der Waals surface area contributed by atoms with Crippen molar-refractivity contribution in [1.82, 2.24) is 14.9 Å². The van der Waals surface area contributed by atoms with E-state index in [1.165, 1.54) is 0 Å². The van der Waals surface area contributed by atoms with Gasteiger partial charge in [-0.05, 0) is 0 Å². The molecular formula is C5H2F3N3O2. The number of aromatic nitrogens is 3. The summed E-state index contributed by atoms with van der Waals surface area (Å²) in [5.74, 6) is 0. The smallest absolute Gasteiger partial charge is 0.439 e. The van der Waals surface area contributed by atoms with Crippen LogP contribution in [0.3, 0.4) is 0 Å². The molecule has 2 aromatic rings. The Morgan fingerprint density at radius 2 is 2.15 bits per heavy atom. The van der Waals surface area contributed by atoms with Crippen LogP contribution < -0.4 is 0 Å². The molecule has 0 amide bonds. The summed E-state index contributed by atoms with van der Waals surface area (Å²) in [4.78, 5) is 3.37. The zero-order valence-electron chi connectivity index (χ0n) is 5.91. The highest BCUT2D eigenvalue weighted by molar-refractivity contribution is 5.71. The Labute approximate surface area is 68.3 Å². The fourth-order valence-electron chi connectivity index (χ4n) is 0.917. The Kier molecular flexibility index (Phi) is 1.30. The van der Waals surface area contributed by atoms with E-state index in [2.05, 4.69) is 14.5 Å². The van der Waals surface area contributed by atoms with Crippen LogP contribution in [0.25, 0.3) is 11.2 Å². The number of nitrogens with zero attached hydrogens (tertiary/aromatic N) is 3. The van der Waals surface area contributed by atoms with E-state index in [0.29, 0.717) is 0 Å². The molecule has 0 saturated heterocycles. The van der Waals surface area contributed by atoms with Gasteiger partial charge in [-0.3, -0.25) is 0 Å². The molecule has 0 saturated carbocycles. The first-order chi connectivity index (χ1) is 6.00. The lowest BCUT2D eigenvalue weighted by molar-refractivity contribution is -0.141. The summed E-state index contributed by atoms with van der Waals surface area (Å²) in [5, 5.41) is 11.6. The van der Waals surface area contributed by atoms with Crippen molar-refractivity contribution in [2.45, 2.75) is 6.18 Å². The van der Waals surface area contributed by atoms with Gasteiger partial charge in [0.2, 0.25) is 16.9 Å². The van der Waals surface area contributed by atoms with Crippen LogP contribution in [0.4, 0.5) is 13.2 Å². The predicted octanol–water partition coefficient (Wildman–Crippen LogP) is 1.28. The van der Waals surface area contributed by atoms with Gasteiger partial charge in [0.05, 0.1) is 0 Å². The number of hydrogen-bond acceptors (Lipinski definition) is 4. The lowest BCUT2D eigenvalue weighted by atomic mass is 10.4. The summed E-state index contributed by atoms with van der Waals surface area (Å²) in [7, 11) is 0. The van der Waals surface area contributed by atoms with Crippen molar-refractivity contribution >= 4 is 11.2 Å². The minimum Gasteiger partial charge on any atom is -0.439 e. The highest BCUT2D eigenvalue weighted by atomic mass is 19.4. The molecule has 0 spiro atoms. The zero-order valence-corrected chi connectivity index (χ0v) is 5.91. The van der Waals surface area contributed by atoms with Crippen molar-refractivity contribution < 1.29 is 22.8 Å². The number of rotatable bonds is 0. The Morgan fingerprint density at radius 1 is 1.46 bits per heavy atom. The Hall–Kier alpha value is -1.73. The monoisotopic (exact) mass is 193 g/mol. The average Bonchev–Trinajstić information content (AvgIpc) is 2.51. The van der Waals surface area contributed by atoms with Crippen LogP contribution in [-0.2, 0) is 6.18 Å². The molecule has 0 aromatic carbocycles. The van der Waals surface area contributed by atoms with Crippen LogP contribution in [0, 0.1) is 0 Å². The fraction of sp³-hybridized carbons (Fsp3) is 0.200. The summed E-state index contributed by atoms with van der Waals surface area (Å²) in [6.45, 7) is 0. The first-order valence-corrected chi connectivity index (χ1v) is 3.09. The van der Waals surface area contributed by atoms with E-state index in [1.54, 1.807) is 0 Å². The zero-order chi connectivity index (χ0) is 9.64. The van der Waals surface area contributed by atoms with E-state index in [1.807, 2.05) is 0 Å². The van der Waals surface area contributed by atoms with Gasteiger partial charge in [-0.1, -0.05) is 4.85 Å². The van der Waals surface area contributed by atoms with Crippen LogP contribution in [0.5, 0.6) is 0 Å². The van der Waals surface area contributed by atoms with Crippen LogP contribution in [0.2, 0.25) is 0 Å². The molecule has 0 unspecified atom stereocenters. The van der Waals surface area contributed by atoms with E-state index >= 15 is 0 Å². The summed E-state index contributed by atoms with van der Waals surface area (Å²) in [6.07, 6.45) is -3.86. The number of hydrogen-bond donors (Lipinski definition) is 1. The number of alkyl halides is 3. The molecular weight excluding hydrogens is 191 g/mol. The van der Waals surface area contributed by atoms with Gasteiger partial charge in [-0.2, -0.15) is 18.2 Å². The first-order valence-electron chi connectivity index (χ1n) is 3.09. The molecule has 0 radical (unpaired) electrons. The van der Waals surface area contributed by atoms with Gasteiger partial charge in [0.1, 0.15) is 0 Å². The molecule has 0 fully saturated rings. The van der Waals surface area contributed by atoms with E-state index in [4.69, 9.17) is 5.21 Å². The largest absolute Gasteiger partial charge is 0.439 e. The lowest BCUT2D eigenvalue weighted by Gasteiger charge is -1.98. The van der Waals surface area contributed by atoms with E-state index in [0.717, 1.165) is 6.39 Å². The normalized spacial score (nSPS) is 12.5. The molecule has 5 nitrogen and oxygen atoms in total. The SMILES string of the molecule is On1nc(C(F)(F)F)c2ocnc21. The average molecular weight is 193 g/mol. The van der Waals surface area contributed by atoms with Gasteiger partial charge < -0.3 is 9.62 Å². The molecule has 0 aliphatic rings. The third kappa shape index (κ3) is 1.02. The Morgan fingerprint density at radius 3 is 2.77 bits per heavy atom. The maximum absolute atomic E-state index is 12.1. The van der Waals surface area contributed by atoms with Crippen molar-refractivity contribution in [1.29, 1.82) is 0 Å². The third-order valence-corrected chi connectivity index (χ3v) is 1.42. The molecule has 1 N–H and O–H groups in total.